The molecule has 1 nitrogen and oxygen atoms in total. The first kappa shape index (κ1) is 14.7. The van der Waals surface area contributed by atoms with Gasteiger partial charge in [0, 0.05) is 18.3 Å². The molecule has 4 rings (SSSR count). The molecule has 0 radical (unpaired) electrons. The zero-order chi connectivity index (χ0) is 15.9. The van der Waals surface area contributed by atoms with Crippen LogP contribution < -0.4 is 0 Å². The molecule has 0 bridgehead atoms. The lowest BCUT2D eigenvalue weighted by molar-refractivity contribution is -0.123. The van der Waals surface area contributed by atoms with Crippen LogP contribution in [0, 0.1) is 12.8 Å². The molecular formula is C22H24O. The molecule has 0 N–H and O–H groups in total. The van der Waals surface area contributed by atoms with Gasteiger partial charge in [-0.1, -0.05) is 54.1 Å². The van der Waals surface area contributed by atoms with Crippen LogP contribution >= 0.6 is 0 Å². The molecule has 1 fully saturated rings. The molecule has 0 heterocycles. The lowest BCUT2D eigenvalue weighted by atomic mass is 9.55. The average molecular weight is 304 g/mol. The van der Waals surface area contributed by atoms with Gasteiger partial charge in [-0.3, -0.25) is 4.79 Å². The minimum atomic E-state index is 0.163. The monoisotopic (exact) mass is 304 g/mol. The van der Waals surface area contributed by atoms with Crippen LogP contribution in [0.3, 0.4) is 0 Å². The van der Waals surface area contributed by atoms with Crippen LogP contribution in [0.5, 0.6) is 0 Å². The van der Waals surface area contributed by atoms with Crippen molar-refractivity contribution >= 4 is 5.78 Å². The molecule has 2 aliphatic carbocycles. The van der Waals surface area contributed by atoms with E-state index in [1.165, 1.54) is 22.3 Å². The smallest absolute Gasteiger partial charge is 0.133 e. The van der Waals surface area contributed by atoms with Crippen LogP contribution in [-0.4, -0.2) is 5.78 Å². The van der Waals surface area contributed by atoms with Crippen molar-refractivity contribution < 1.29 is 4.79 Å². The highest BCUT2D eigenvalue weighted by Gasteiger charge is 2.47. The van der Waals surface area contributed by atoms with Gasteiger partial charge in [-0.25, -0.2) is 0 Å². The van der Waals surface area contributed by atoms with E-state index in [2.05, 4.69) is 55.5 Å². The first-order valence-corrected chi connectivity index (χ1v) is 8.83. The first-order valence-electron chi connectivity index (χ1n) is 8.83. The highest BCUT2D eigenvalue weighted by Crippen LogP contribution is 2.51. The highest BCUT2D eigenvalue weighted by molar-refractivity contribution is 5.80. The summed E-state index contributed by atoms with van der Waals surface area (Å²) in [5, 5.41) is 0. The van der Waals surface area contributed by atoms with Crippen molar-refractivity contribution in [1.29, 1.82) is 0 Å². The fourth-order valence-electron chi connectivity index (χ4n) is 4.90. The van der Waals surface area contributed by atoms with E-state index in [-0.39, 0.29) is 5.41 Å². The number of carbonyl (C=O) groups excluding carboxylic acids is 1. The Labute approximate surface area is 138 Å². The zero-order valence-corrected chi connectivity index (χ0v) is 13.8. The fourth-order valence-corrected chi connectivity index (χ4v) is 4.90. The molecule has 0 aliphatic heterocycles. The summed E-state index contributed by atoms with van der Waals surface area (Å²) < 4.78 is 0. The second kappa shape index (κ2) is 5.63. The summed E-state index contributed by atoms with van der Waals surface area (Å²) >= 11 is 0. The molecule has 2 atom stereocenters. The third-order valence-corrected chi connectivity index (χ3v) is 6.03. The predicted octanol–water partition coefficient (Wildman–Crippen LogP) is 4.79. The Morgan fingerprint density at radius 2 is 1.91 bits per heavy atom. The zero-order valence-electron chi connectivity index (χ0n) is 13.8. The van der Waals surface area contributed by atoms with E-state index >= 15 is 0 Å². The Kier molecular flexibility index (Phi) is 3.60. The van der Waals surface area contributed by atoms with Gasteiger partial charge in [0.25, 0.3) is 0 Å². The van der Waals surface area contributed by atoms with Crippen molar-refractivity contribution in [3.05, 3.63) is 70.8 Å². The normalized spacial score (nSPS) is 26.5. The van der Waals surface area contributed by atoms with Gasteiger partial charge in [-0.2, -0.15) is 0 Å². The van der Waals surface area contributed by atoms with Crippen molar-refractivity contribution in [3.63, 3.8) is 0 Å². The summed E-state index contributed by atoms with van der Waals surface area (Å²) in [6, 6.07) is 17.8. The van der Waals surface area contributed by atoms with Gasteiger partial charge < -0.3 is 0 Å². The molecule has 0 saturated heterocycles. The quantitative estimate of drug-likeness (QED) is 0.779. The third-order valence-electron chi connectivity index (χ3n) is 6.03. The van der Waals surface area contributed by atoms with Crippen molar-refractivity contribution in [2.75, 3.05) is 0 Å². The van der Waals surface area contributed by atoms with Crippen molar-refractivity contribution in [2.24, 2.45) is 5.92 Å². The Morgan fingerprint density at radius 1 is 1.09 bits per heavy atom. The Morgan fingerprint density at radius 3 is 2.74 bits per heavy atom. The molecule has 2 aromatic carbocycles. The van der Waals surface area contributed by atoms with E-state index in [4.69, 9.17) is 0 Å². The topological polar surface area (TPSA) is 17.1 Å². The van der Waals surface area contributed by atoms with Gasteiger partial charge in [-0.05, 0) is 55.2 Å². The van der Waals surface area contributed by atoms with Gasteiger partial charge in [-0.15, -0.1) is 0 Å². The molecule has 1 saturated carbocycles. The van der Waals surface area contributed by atoms with Crippen LogP contribution in [0.4, 0.5) is 0 Å². The SMILES string of the molecule is Cc1ccc2c(c1)CCC1CC(=O)CCC21Cc1ccccc1. The lowest BCUT2D eigenvalue weighted by Crippen LogP contribution is -2.45. The maximum atomic E-state index is 12.1. The second-order valence-corrected chi connectivity index (χ2v) is 7.46. The van der Waals surface area contributed by atoms with Crippen molar-refractivity contribution in [2.45, 2.75) is 50.9 Å². The predicted molar refractivity (Wildman–Crippen MR) is 93.7 cm³/mol. The number of hydrogen-bond donors (Lipinski definition) is 0. The number of rotatable bonds is 2. The van der Waals surface area contributed by atoms with E-state index in [0.29, 0.717) is 11.7 Å². The van der Waals surface area contributed by atoms with E-state index in [1.807, 2.05) is 0 Å². The van der Waals surface area contributed by atoms with Crippen LogP contribution in [0.1, 0.15) is 47.9 Å². The maximum absolute atomic E-state index is 12.1. The summed E-state index contributed by atoms with van der Waals surface area (Å²) in [5.41, 5.74) is 5.96. The minimum Gasteiger partial charge on any atom is -0.300 e. The number of hydrogen-bond acceptors (Lipinski definition) is 1. The number of benzene rings is 2. The second-order valence-electron chi connectivity index (χ2n) is 7.46. The van der Waals surface area contributed by atoms with Gasteiger partial charge in [0.1, 0.15) is 5.78 Å². The molecule has 2 aliphatic rings. The molecule has 0 spiro atoms. The van der Waals surface area contributed by atoms with Gasteiger partial charge in [0.15, 0.2) is 0 Å². The molecular weight excluding hydrogens is 280 g/mol. The molecule has 0 amide bonds. The lowest BCUT2D eigenvalue weighted by Gasteiger charge is -2.48. The summed E-state index contributed by atoms with van der Waals surface area (Å²) in [4.78, 5) is 12.1. The Balaban J connectivity index is 1.82. The van der Waals surface area contributed by atoms with Crippen molar-refractivity contribution in [3.8, 4) is 0 Å². The molecule has 23 heavy (non-hydrogen) atoms. The maximum Gasteiger partial charge on any atom is 0.133 e. The summed E-state index contributed by atoms with van der Waals surface area (Å²) in [5.74, 6) is 0.980. The summed E-state index contributed by atoms with van der Waals surface area (Å²) in [6.07, 6.45) is 5.90. The number of carbonyl (C=O) groups is 1. The van der Waals surface area contributed by atoms with Gasteiger partial charge >= 0.3 is 0 Å². The van der Waals surface area contributed by atoms with Crippen LogP contribution in [0.15, 0.2) is 48.5 Å². The number of ketones is 1. The standard InChI is InChI=1S/C22H24O/c1-16-7-10-21-18(13-16)8-9-19-14-20(23)11-12-22(19,21)15-17-5-3-2-4-6-17/h2-7,10,13,19H,8-9,11-12,14-15H2,1H3. The van der Waals surface area contributed by atoms with E-state index in [0.717, 1.165) is 38.5 Å². The van der Waals surface area contributed by atoms with Gasteiger partial charge in [0.05, 0.1) is 0 Å². The van der Waals surface area contributed by atoms with E-state index in [1.54, 1.807) is 0 Å². The number of Topliss-reactive ketones (excluding diaryl/α,β-unsaturated/α-hetero) is 1. The van der Waals surface area contributed by atoms with Crippen molar-refractivity contribution in [1.82, 2.24) is 0 Å². The number of fused-ring (bicyclic) bond motifs is 3. The highest BCUT2D eigenvalue weighted by atomic mass is 16.1. The molecule has 118 valence electrons. The number of aryl methyl sites for hydroxylation is 2. The van der Waals surface area contributed by atoms with Crippen LogP contribution in [0.25, 0.3) is 0 Å². The molecule has 1 heteroatoms. The molecule has 2 aromatic rings. The fraction of sp³-hybridized carbons (Fsp3) is 0.409. The molecule has 2 unspecified atom stereocenters. The van der Waals surface area contributed by atoms with Crippen LogP contribution in [-0.2, 0) is 23.1 Å². The first-order chi connectivity index (χ1) is 11.2. The van der Waals surface area contributed by atoms with Crippen LogP contribution in [0.2, 0.25) is 0 Å². The minimum absolute atomic E-state index is 0.163. The molecule has 0 aromatic heterocycles. The van der Waals surface area contributed by atoms with E-state index < -0.39 is 0 Å². The third kappa shape index (κ3) is 2.52. The Hall–Kier alpha value is -1.89. The average Bonchev–Trinajstić information content (AvgIpc) is 2.56. The van der Waals surface area contributed by atoms with Gasteiger partial charge in [0.2, 0.25) is 0 Å². The largest absolute Gasteiger partial charge is 0.300 e. The summed E-state index contributed by atoms with van der Waals surface area (Å²) in [6.45, 7) is 2.18. The Bertz CT molecular complexity index is 731. The van der Waals surface area contributed by atoms with E-state index in [9.17, 15) is 4.79 Å². The summed E-state index contributed by atoms with van der Waals surface area (Å²) in [7, 11) is 0.